The molecule has 3 atom stereocenters. The van der Waals surface area contributed by atoms with Gasteiger partial charge in [-0.15, -0.1) is 11.3 Å². The number of nitrogens with one attached hydrogen (secondary N) is 1. The molecule has 20 heteroatoms. The van der Waals surface area contributed by atoms with E-state index in [9.17, 15) is 28.2 Å². The smallest absolute Gasteiger partial charge is 0.408 e. The van der Waals surface area contributed by atoms with Gasteiger partial charge in [-0.3, -0.25) is 23.5 Å². The summed E-state index contributed by atoms with van der Waals surface area (Å²) in [5, 5.41) is 7.15. The maximum atomic E-state index is 13.5. The monoisotopic (exact) mass is 779 g/mol. The number of aromatic nitrogens is 1. The van der Waals surface area contributed by atoms with Crippen LogP contribution >= 0.6 is 33.9 Å². The molecule has 46 heavy (non-hydrogen) atoms. The van der Waals surface area contributed by atoms with E-state index in [1.165, 1.54) is 23.8 Å². The maximum Gasteiger partial charge on any atom is 0.408 e. The van der Waals surface area contributed by atoms with Gasteiger partial charge in [0.05, 0.1) is 28.7 Å². The first-order chi connectivity index (χ1) is 22.1. The van der Waals surface area contributed by atoms with E-state index in [-0.39, 0.29) is 30.2 Å². The standard InChI is InChI=1S/C26H22B2IN4O11S2/c1-13-30-17(10-45-13)19(32-44-18(25(37)43-27)7-28-42-12-34)22(35)31-20-23(36)33-21(15(8-29)11-46(39)24(20)33)26(38)41-9-14-3-5-16(40-2)6-4-14/h3-7,10,12,20,24H,8-9,11H2,1-2H3,(H,31,35)/b18-7+,32-19-/t20-,24-,46?/m1/s1. The van der Waals surface area contributed by atoms with Gasteiger partial charge >= 0.3 is 27.5 Å². The molecule has 1 N–H and O–H groups in total. The van der Waals surface area contributed by atoms with E-state index in [1.807, 2.05) is 22.6 Å². The van der Waals surface area contributed by atoms with Gasteiger partial charge in [0.1, 0.15) is 35.2 Å². The summed E-state index contributed by atoms with van der Waals surface area (Å²) in [6.45, 7) is 1.65. The van der Waals surface area contributed by atoms with E-state index in [4.69, 9.17) is 22.4 Å². The quantitative estimate of drug-likeness (QED) is 0.0236. The molecule has 1 fully saturated rings. The molecule has 4 rings (SSSR count). The van der Waals surface area contributed by atoms with Gasteiger partial charge in [0.2, 0.25) is 5.76 Å². The number of amides is 2. The van der Waals surface area contributed by atoms with Crippen molar-refractivity contribution in [1.29, 1.82) is 0 Å². The number of halogens is 1. The maximum absolute atomic E-state index is 13.5. The number of fused-ring (bicyclic) bond motifs is 1. The lowest BCUT2D eigenvalue weighted by Gasteiger charge is -2.49. The molecule has 0 bridgehead atoms. The Labute approximate surface area is 284 Å². The SMILES string of the molecule is [B]OC(=O)/C(=C\[B]OC=O)O/N=C(\C(=O)N[C@@H]1C(=O)N2C(C(=O)OCc3ccc(OC)cc3)=C(CI)CS(=O)[C@H]12)c1csc(C)n1. The number of alkyl halides is 1. The van der Waals surface area contributed by atoms with Crippen molar-refractivity contribution in [1.82, 2.24) is 15.2 Å². The van der Waals surface area contributed by atoms with Crippen molar-refractivity contribution in [3.8, 4) is 5.75 Å². The summed E-state index contributed by atoms with van der Waals surface area (Å²) in [6, 6.07) is 5.56. The Morgan fingerprint density at radius 3 is 2.65 bits per heavy atom. The zero-order chi connectivity index (χ0) is 33.4. The van der Waals surface area contributed by atoms with Crippen LogP contribution in [0.15, 0.2) is 57.8 Å². The summed E-state index contributed by atoms with van der Waals surface area (Å²) < 4.78 is 32.7. The van der Waals surface area contributed by atoms with Gasteiger partial charge in [-0.25, -0.2) is 14.6 Å². The molecule has 1 aromatic heterocycles. The number of thiazole rings is 1. The van der Waals surface area contributed by atoms with Crippen LogP contribution in [0.4, 0.5) is 0 Å². The van der Waals surface area contributed by atoms with Crippen molar-refractivity contribution in [3.63, 3.8) is 0 Å². The largest absolute Gasteiger partial charge is 0.538 e. The molecular weight excluding hydrogens is 757 g/mol. The highest BCUT2D eigenvalue weighted by molar-refractivity contribution is 14.1. The first-order valence-corrected chi connectivity index (χ1v) is 16.7. The van der Waals surface area contributed by atoms with E-state index in [0.717, 1.165) is 18.4 Å². The fraction of sp³-hybridized carbons (Fsp3) is 0.269. The molecule has 1 aromatic carbocycles. The molecule has 2 amide bonds. The second kappa shape index (κ2) is 16.0. The van der Waals surface area contributed by atoms with E-state index >= 15 is 0 Å². The van der Waals surface area contributed by atoms with Crippen molar-refractivity contribution in [2.75, 3.05) is 17.3 Å². The number of carbonyl (C=O) groups is 5. The van der Waals surface area contributed by atoms with Crippen LogP contribution in [-0.2, 0) is 60.3 Å². The van der Waals surface area contributed by atoms with E-state index in [1.54, 1.807) is 31.2 Å². The first kappa shape index (κ1) is 34.8. The van der Waals surface area contributed by atoms with Crippen LogP contribution in [0.5, 0.6) is 5.75 Å². The Morgan fingerprint density at radius 1 is 1.30 bits per heavy atom. The normalized spacial score (nSPS) is 19.3. The van der Waals surface area contributed by atoms with Gasteiger partial charge in [0, 0.05) is 9.81 Å². The molecule has 2 aromatic rings. The third kappa shape index (κ3) is 7.84. The van der Waals surface area contributed by atoms with Crippen LogP contribution < -0.4 is 10.1 Å². The molecule has 237 valence electrons. The first-order valence-electron chi connectivity index (χ1n) is 12.9. The molecule has 2 aliphatic heterocycles. The van der Waals surface area contributed by atoms with Crippen LogP contribution in [0.25, 0.3) is 0 Å². The number of nitrogens with zero attached hydrogens (tertiary/aromatic N) is 3. The summed E-state index contributed by atoms with van der Waals surface area (Å²) in [7, 11) is 5.52. The second-order valence-corrected chi connectivity index (χ2v) is 12.5. The van der Waals surface area contributed by atoms with E-state index in [0.29, 0.717) is 26.3 Å². The lowest BCUT2D eigenvalue weighted by molar-refractivity contribution is -0.153. The van der Waals surface area contributed by atoms with Crippen LogP contribution in [0.1, 0.15) is 16.3 Å². The minimum Gasteiger partial charge on any atom is -0.538 e. The van der Waals surface area contributed by atoms with Crippen LogP contribution in [0.3, 0.4) is 0 Å². The lowest BCUT2D eigenvalue weighted by atomic mass is 10.0. The molecule has 15 nitrogen and oxygen atoms in total. The molecule has 0 spiro atoms. The number of aryl methyl sites for hydroxylation is 1. The molecule has 3 radical (unpaired) electrons. The Balaban J connectivity index is 1.54. The van der Waals surface area contributed by atoms with Crippen LogP contribution in [0.2, 0.25) is 0 Å². The van der Waals surface area contributed by atoms with Crippen LogP contribution in [-0.4, -0.2) is 94.3 Å². The van der Waals surface area contributed by atoms with Gasteiger partial charge in [0.15, 0.2) is 5.71 Å². The molecule has 1 saturated heterocycles. The summed E-state index contributed by atoms with van der Waals surface area (Å²) in [6.07, 6.45) is 0. The number of ether oxygens (including phenoxy) is 2. The minimum atomic E-state index is -1.69. The Hall–Kier alpha value is -4.04. The molecule has 1 unspecified atom stereocenters. The van der Waals surface area contributed by atoms with Crippen molar-refractivity contribution < 1.29 is 51.8 Å². The molecule has 0 aliphatic carbocycles. The number of hydrogen-bond donors (Lipinski definition) is 1. The number of β-lactam (4-membered cyclic amide) rings is 1. The number of benzene rings is 1. The number of oxime groups is 1. The van der Waals surface area contributed by atoms with Crippen molar-refractivity contribution in [2.45, 2.75) is 24.9 Å². The van der Waals surface area contributed by atoms with Gasteiger partial charge in [-0.05, 0) is 36.2 Å². The summed E-state index contributed by atoms with van der Waals surface area (Å²) in [5.41, 5.74) is 0.672. The van der Waals surface area contributed by atoms with Gasteiger partial charge in [-0.1, -0.05) is 39.9 Å². The highest BCUT2D eigenvalue weighted by Crippen LogP contribution is 2.36. The Bertz CT molecular complexity index is 1650. The zero-order valence-corrected chi connectivity index (χ0v) is 27.8. The van der Waals surface area contributed by atoms with Crippen molar-refractivity contribution >= 4 is 96.2 Å². The predicted molar refractivity (Wildman–Crippen MR) is 172 cm³/mol. The van der Waals surface area contributed by atoms with Gasteiger partial charge < -0.3 is 28.9 Å². The lowest BCUT2D eigenvalue weighted by Crippen LogP contribution is -2.74. The molecule has 3 heterocycles. The van der Waals surface area contributed by atoms with Gasteiger partial charge in [-0.2, -0.15) is 0 Å². The molecule has 2 aliphatic rings. The minimum absolute atomic E-state index is 0.0249. The van der Waals surface area contributed by atoms with E-state index < -0.39 is 57.4 Å². The third-order valence-electron chi connectivity index (χ3n) is 6.35. The third-order valence-corrected chi connectivity index (χ3v) is 9.70. The van der Waals surface area contributed by atoms with Crippen molar-refractivity contribution in [2.24, 2.45) is 5.16 Å². The topological polar surface area (TPSA) is 189 Å². The number of methoxy groups -OCH3 is 1. The molecule has 0 saturated carbocycles. The number of hydrogen-bond acceptors (Lipinski definition) is 14. The fourth-order valence-corrected chi connectivity index (χ4v) is 7.47. The Morgan fingerprint density at radius 2 is 2.04 bits per heavy atom. The second-order valence-electron chi connectivity index (χ2n) is 9.17. The summed E-state index contributed by atoms with van der Waals surface area (Å²) in [5.74, 6) is -2.89. The fourth-order valence-electron chi connectivity index (χ4n) is 4.19. The number of esters is 1. The van der Waals surface area contributed by atoms with Crippen LogP contribution in [0, 0.1) is 6.92 Å². The summed E-state index contributed by atoms with van der Waals surface area (Å²) in [4.78, 5) is 72.8. The average Bonchev–Trinajstić information content (AvgIpc) is 3.50. The summed E-state index contributed by atoms with van der Waals surface area (Å²) >= 11 is 3.18. The molecular formula is C26H22B2IN4O11S2. The highest BCUT2D eigenvalue weighted by atomic mass is 127. The van der Waals surface area contributed by atoms with Crippen molar-refractivity contribution in [3.05, 3.63) is 68.9 Å². The number of carbonyl (C=O) groups excluding carboxylic acids is 5. The predicted octanol–water partition coefficient (Wildman–Crippen LogP) is 0.289. The van der Waals surface area contributed by atoms with Gasteiger partial charge in [0.25, 0.3) is 18.3 Å². The number of rotatable bonds is 14. The Kier molecular flexibility index (Phi) is 12.1. The average molecular weight is 779 g/mol. The van der Waals surface area contributed by atoms with E-state index in [2.05, 4.69) is 24.8 Å². The zero-order valence-electron chi connectivity index (χ0n) is 24.0. The highest BCUT2D eigenvalue weighted by Gasteiger charge is 2.57.